The normalized spacial score (nSPS) is 19.5. The number of benzene rings is 3. The number of hydrogen-bond donors (Lipinski definition) is 1. The first-order valence-electron chi connectivity index (χ1n) is 7.82. The van der Waals surface area contributed by atoms with E-state index >= 15 is 0 Å². The van der Waals surface area contributed by atoms with Crippen LogP contribution in [0.1, 0.15) is 24.1 Å². The van der Waals surface area contributed by atoms with Crippen molar-refractivity contribution in [2.24, 2.45) is 0 Å². The molecule has 0 unspecified atom stereocenters. The molecule has 5 nitrogen and oxygen atoms in total. The van der Waals surface area contributed by atoms with E-state index in [9.17, 15) is 10.1 Å². The van der Waals surface area contributed by atoms with Gasteiger partial charge < -0.3 is 4.74 Å². The molecule has 3 aromatic carbocycles. The zero-order chi connectivity index (χ0) is 16.7. The van der Waals surface area contributed by atoms with Crippen molar-refractivity contribution in [2.75, 3.05) is 0 Å². The van der Waals surface area contributed by atoms with Gasteiger partial charge in [0.2, 0.25) is 0 Å². The van der Waals surface area contributed by atoms with E-state index in [0.29, 0.717) is 0 Å². The van der Waals surface area contributed by atoms with Gasteiger partial charge in [-0.25, -0.2) is 0 Å². The molecule has 0 bridgehead atoms. The Morgan fingerprint density at radius 3 is 2.54 bits per heavy atom. The van der Waals surface area contributed by atoms with Gasteiger partial charge in [-0.15, -0.1) is 0 Å². The highest BCUT2D eigenvalue weighted by atomic mass is 16.6. The maximum absolute atomic E-state index is 10.9. The highest BCUT2D eigenvalue weighted by Crippen LogP contribution is 2.39. The number of fused-ring (bicyclic) bond motifs is 3. The number of nitro benzene ring substituents is 1. The standard InChI is InChI=1S/C19H16N2O3/c1-12-20-19(14-6-9-15(10-7-14)21(22)23)18-16-5-3-2-4-13(16)8-11-17(18)24-12/h2-12,19-20H,1H3/t12-,19+/m1/s1. The van der Waals surface area contributed by atoms with Gasteiger partial charge in [0.1, 0.15) is 12.0 Å². The molecule has 0 fully saturated rings. The van der Waals surface area contributed by atoms with Crippen molar-refractivity contribution in [1.29, 1.82) is 0 Å². The second kappa shape index (κ2) is 5.62. The minimum atomic E-state index is -0.382. The van der Waals surface area contributed by atoms with E-state index in [-0.39, 0.29) is 22.9 Å². The molecule has 3 aromatic rings. The van der Waals surface area contributed by atoms with Crippen molar-refractivity contribution in [1.82, 2.24) is 5.32 Å². The predicted molar refractivity (Wildman–Crippen MR) is 92.1 cm³/mol. The molecule has 1 aliphatic heterocycles. The fraction of sp³-hybridized carbons (Fsp3) is 0.158. The SMILES string of the molecule is C[C@@H]1N[C@@H](c2ccc([N+](=O)[O-])cc2)c2c(ccc3ccccc23)O1. The van der Waals surface area contributed by atoms with E-state index in [1.54, 1.807) is 24.3 Å². The van der Waals surface area contributed by atoms with Gasteiger partial charge in [0, 0.05) is 17.7 Å². The van der Waals surface area contributed by atoms with Crippen LogP contribution in [0, 0.1) is 10.1 Å². The molecule has 5 heteroatoms. The Bertz CT molecular complexity index is 922. The zero-order valence-corrected chi connectivity index (χ0v) is 13.1. The van der Waals surface area contributed by atoms with Crippen LogP contribution in [0.2, 0.25) is 0 Å². The Kier molecular flexibility index (Phi) is 3.43. The highest BCUT2D eigenvalue weighted by Gasteiger charge is 2.28. The lowest BCUT2D eigenvalue weighted by atomic mass is 9.91. The number of nitro groups is 1. The molecular formula is C19H16N2O3. The number of nitrogens with zero attached hydrogens (tertiary/aromatic N) is 1. The van der Waals surface area contributed by atoms with Gasteiger partial charge in [-0.1, -0.05) is 42.5 Å². The van der Waals surface area contributed by atoms with Gasteiger partial charge in [-0.05, 0) is 29.3 Å². The summed E-state index contributed by atoms with van der Waals surface area (Å²) < 4.78 is 5.93. The minimum Gasteiger partial charge on any atom is -0.475 e. The third kappa shape index (κ3) is 2.39. The average molecular weight is 320 g/mol. The summed E-state index contributed by atoms with van der Waals surface area (Å²) in [6.45, 7) is 1.95. The monoisotopic (exact) mass is 320 g/mol. The predicted octanol–water partition coefficient (Wildman–Crippen LogP) is 4.17. The van der Waals surface area contributed by atoms with Crippen molar-refractivity contribution in [3.8, 4) is 5.75 Å². The molecule has 0 aromatic heterocycles. The quantitative estimate of drug-likeness (QED) is 0.568. The second-order valence-corrected chi connectivity index (χ2v) is 5.91. The molecular weight excluding hydrogens is 304 g/mol. The molecule has 0 amide bonds. The average Bonchev–Trinajstić information content (AvgIpc) is 2.60. The van der Waals surface area contributed by atoms with Crippen LogP contribution >= 0.6 is 0 Å². The van der Waals surface area contributed by atoms with Crippen LogP contribution in [-0.4, -0.2) is 11.2 Å². The van der Waals surface area contributed by atoms with Gasteiger partial charge in [-0.2, -0.15) is 0 Å². The van der Waals surface area contributed by atoms with Gasteiger partial charge in [0.15, 0.2) is 0 Å². The molecule has 2 atom stereocenters. The smallest absolute Gasteiger partial charge is 0.269 e. The van der Waals surface area contributed by atoms with Gasteiger partial charge in [-0.3, -0.25) is 15.4 Å². The Morgan fingerprint density at radius 2 is 1.79 bits per heavy atom. The summed E-state index contributed by atoms with van der Waals surface area (Å²) in [5, 5.41) is 16.6. The number of non-ortho nitro benzene ring substituents is 1. The Morgan fingerprint density at radius 1 is 1.04 bits per heavy atom. The van der Waals surface area contributed by atoms with Crippen LogP contribution in [0.5, 0.6) is 5.75 Å². The van der Waals surface area contributed by atoms with Gasteiger partial charge >= 0.3 is 0 Å². The van der Waals surface area contributed by atoms with Gasteiger partial charge in [0.05, 0.1) is 11.0 Å². The molecule has 0 aliphatic carbocycles. The lowest BCUT2D eigenvalue weighted by Gasteiger charge is -2.33. The molecule has 0 saturated heterocycles. The molecule has 24 heavy (non-hydrogen) atoms. The Labute approximate surface area is 139 Å². The summed E-state index contributed by atoms with van der Waals surface area (Å²) in [6, 6.07) is 18.8. The molecule has 1 N–H and O–H groups in total. The lowest BCUT2D eigenvalue weighted by Crippen LogP contribution is -2.39. The van der Waals surface area contributed by atoms with E-state index in [2.05, 4.69) is 23.5 Å². The topological polar surface area (TPSA) is 64.4 Å². The van der Waals surface area contributed by atoms with Crippen LogP contribution in [0.15, 0.2) is 60.7 Å². The Hall–Kier alpha value is -2.92. The maximum Gasteiger partial charge on any atom is 0.269 e. The first-order valence-corrected chi connectivity index (χ1v) is 7.82. The minimum absolute atomic E-state index is 0.0735. The fourth-order valence-electron chi connectivity index (χ4n) is 3.27. The van der Waals surface area contributed by atoms with Gasteiger partial charge in [0.25, 0.3) is 5.69 Å². The molecule has 1 aliphatic rings. The second-order valence-electron chi connectivity index (χ2n) is 5.91. The van der Waals surface area contributed by atoms with E-state index in [1.165, 1.54) is 0 Å². The van der Waals surface area contributed by atoms with Crippen LogP contribution in [0.25, 0.3) is 10.8 Å². The first-order chi connectivity index (χ1) is 11.6. The van der Waals surface area contributed by atoms with Crippen LogP contribution in [0.4, 0.5) is 5.69 Å². The summed E-state index contributed by atoms with van der Waals surface area (Å²) in [5.41, 5.74) is 2.14. The van der Waals surface area contributed by atoms with E-state index < -0.39 is 0 Å². The number of rotatable bonds is 2. The molecule has 0 saturated carbocycles. The zero-order valence-electron chi connectivity index (χ0n) is 13.1. The third-order valence-electron chi connectivity index (χ3n) is 4.36. The van der Waals surface area contributed by atoms with E-state index in [0.717, 1.165) is 27.6 Å². The maximum atomic E-state index is 10.9. The highest BCUT2D eigenvalue weighted by molar-refractivity contribution is 5.89. The molecule has 4 rings (SSSR count). The largest absolute Gasteiger partial charge is 0.475 e. The van der Waals surface area contributed by atoms with Crippen molar-refractivity contribution in [3.05, 3.63) is 81.9 Å². The molecule has 0 spiro atoms. The summed E-state index contributed by atoms with van der Waals surface area (Å²) in [4.78, 5) is 10.5. The third-order valence-corrected chi connectivity index (χ3v) is 4.36. The number of hydrogen-bond acceptors (Lipinski definition) is 4. The van der Waals surface area contributed by atoms with Crippen LogP contribution in [-0.2, 0) is 0 Å². The Balaban J connectivity index is 1.88. The molecule has 1 heterocycles. The van der Waals surface area contributed by atoms with Crippen molar-refractivity contribution in [2.45, 2.75) is 19.2 Å². The van der Waals surface area contributed by atoms with E-state index in [4.69, 9.17) is 4.74 Å². The summed E-state index contributed by atoms with van der Waals surface area (Å²) in [5.74, 6) is 0.850. The van der Waals surface area contributed by atoms with E-state index in [1.807, 2.05) is 25.1 Å². The summed E-state index contributed by atoms with van der Waals surface area (Å²) >= 11 is 0. The van der Waals surface area contributed by atoms with Crippen LogP contribution in [0.3, 0.4) is 0 Å². The lowest BCUT2D eigenvalue weighted by molar-refractivity contribution is -0.384. The van der Waals surface area contributed by atoms with Crippen LogP contribution < -0.4 is 10.1 Å². The van der Waals surface area contributed by atoms with Crippen molar-refractivity contribution < 1.29 is 9.66 Å². The summed E-state index contributed by atoms with van der Waals surface area (Å²) in [6.07, 6.45) is -0.140. The number of nitrogens with one attached hydrogen (secondary N) is 1. The molecule has 0 radical (unpaired) electrons. The number of ether oxygens (including phenoxy) is 1. The molecule has 120 valence electrons. The van der Waals surface area contributed by atoms with Crippen molar-refractivity contribution in [3.63, 3.8) is 0 Å². The summed E-state index contributed by atoms with van der Waals surface area (Å²) in [7, 11) is 0. The first kappa shape index (κ1) is 14.7. The fourth-order valence-corrected chi connectivity index (χ4v) is 3.27. The van der Waals surface area contributed by atoms with Crippen molar-refractivity contribution >= 4 is 16.5 Å².